The molecular weight excluding hydrogens is 368 g/mol. The maximum absolute atomic E-state index is 9.83. The molecule has 0 aromatic rings. The Labute approximate surface area is 178 Å². The van der Waals surface area contributed by atoms with Crippen LogP contribution in [0.5, 0.6) is 0 Å². The largest absolute Gasteiger partial charge is 0.394 e. The van der Waals surface area contributed by atoms with Gasteiger partial charge in [0.2, 0.25) is 0 Å². The summed E-state index contributed by atoms with van der Waals surface area (Å²) in [5, 5.41) is 28.8. The van der Waals surface area contributed by atoms with Gasteiger partial charge in [-0.15, -0.1) is 0 Å². The lowest BCUT2D eigenvalue weighted by molar-refractivity contribution is -0.101. The molecule has 0 radical (unpaired) electrons. The van der Waals surface area contributed by atoms with Gasteiger partial charge in [0.25, 0.3) is 0 Å². The smallest absolute Gasteiger partial charge is 0.114 e. The van der Waals surface area contributed by atoms with E-state index in [2.05, 4.69) is 19.1 Å². The molecule has 0 saturated carbocycles. The van der Waals surface area contributed by atoms with E-state index in [-0.39, 0.29) is 13.2 Å². The third-order valence-electron chi connectivity index (χ3n) is 5.72. The molecule has 0 aromatic heterocycles. The van der Waals surface area contributed by atoms with Crippen LogP contribution in [0, 0.1) is 0 Å². The second kappa shape index (κ2) is 18.3. The second-order valence-corrected chi connectivity index (χ2v) is 8.39. The molecule has 0 aliphatic carbocycles. The molecule has 1 heterocycles. The molecule has 0 amide bonds. The van der Waals surface area contributed by atoms with Crippen LogP contribution in [0.3, 0.4) is 0 Å². The highest BCUT2D eigenvalue weighted by molar-refractivity contribution is 4.88. The molecule has 1 aliphatic rings. The lowest BCUT2D eigenvalue weighted by Crippen LogP contribution is -2.42. The number of rotatable bonds is 19. The first-order chi connectivity index (χ1) is 14.2. The van der Waals surface area contributed by atoms with Crippen molar-refractivity contribution in [3.8, 4) is 0 Å². The van der Waals surface area contributed by atoms with Gasteiger partial charge >= 0.3 is 0 Å². The van der Waals surface area contributed by atoms with Crippen LogP contribution in [0.25, 0.3) is 0 Å². The first-order valence-corrected chi connectivity index (χ1v) is 12.1. The molecule has 4 atom stereocenters. The maximum atomic E-state index is 9.83. The molecule has 0 spiro atoms. The van der Waals surface area contributed by atoms with Gasteiger partial charge in [-0.25, -0.2) is 0 Å². The summed E-state index contributed by atoms with van der Waals surface area (Å²) in [5.41, 5.74) is 0. The Morgan fingerprint density at radius 3 is 1.93 bits per heavy atom. The van der Waals surface area contributed by atoms with E-state index in [1.807, 2.05) is 0 Å². The highest BCUT2D eigenvalue weighted by Gasteiger charge is 2.40. The van der Waals surface area contributed by atoms with Crippen LogP contribution in [0.4, 0.5) is 0 Å². The van der Waals surface area contributed by atoms with E-state index < -0.39 is 24.4 Å². The van der Waals surface area contributed by atoms with Crippen LogP contribution >= 0.6 is 0 Å². The first-order valence-electron chi connectivity index (χ1n) is 12.1. The van der Waals surface area contributed by atoms with Crippen LogP contribution in [0.1, 0.15) is 96.8 Å². The van der Waals surface area contributed by atoms with Gasteiger partial charge in [-0.1, -0.05) is 76.9 Å². The average Bonchev–Trinajstić information content (AvgIpc) is 3.06. The summed E-state index contributed by atoms with van der Waals surface area (Å²) in [5.74, 6) is 0. The van der Waals surface area contributed by atoms with E-state index in [0.717, 1.165) is 12.8 Å². The summed E-state index contributed by atoms with van der Waals surface area (Å²) in [6, 6.07) is 0. The Bertz CT molecular complexity index is 387. The van der Waals surface area contributed by atoms with E-state index >= 15 is 0 Å². The van der Waals surface area contributed by atoms with Crippen molar-refractivity contribution >= 4 is 0 Å². The molecule has 0 bridgehead atoms. The third kappa shape index (κ3) is 12.7. The standard InChI is InChI=1S/C24H46O5/c1-2-3-4-5-6-7-8-9-10-11-12-13-14-15-16-17-18-28-22(19-25)24-23(27)21(26)20-29-24/h10-11,21-27H,2-9,12-20H2,1H3/b11-10+/t21-,22+,23-,24-/m1/s1. The number of hydrogen-bond donors (Lipinski definition) is 3. The molecular formula is C24H46O5. The number of aliphatic hydroxyl groups is 3. The average molecular weight is 415 g/mol. The van der Waals surface area contributed by atoms with Gasteiger partial charge < -0.3 is 24.8 Å². The summed E-state index contributed by atoms with van der Waals surface area (Å²) < 4.78 is 11.0. The monoisotopic (exact) mass is 414 g/mol. The van der Waals surface area contributed by atoms with E-state index in [4.69, 9.17) is 9.47 Å². The minimum atomic E-state index is -0.981. The Hall–Kier alpha value is -0.460. The number of aliphatic hydroxyl groups excluding tert-OH is 3. The second-order valence-electron chi connectivity index (χ2n) is 8.39. The van der Waals surface area contributed by atoms with Crippen LogP contribution in [0.15, 0.2) is 12.2 Å². The van der Waals surface area contributed by atoms with Crippen molar-refractivity contribution in [2.45, 2.75) is 121 Å². The van der Waals surface area contributed by atoms with E-state index in [1.54, 1.807) is 0 Å². The summed E-state index contributed by atoms with van der Waals surface area (Å²) in [4.78, 5) is 0. The molecule has 1 saturated heterocycles. The fraction of sp³-hybridized carbons (Fsp3) is 0.917. The zero-order chi connectivity index (χ0) is 21.2. The van der Waals surface area contributed by atoms with E-state index in [1.165, 1.54) is 77.0 Å². The molecule has 3 N–H and O–H groups in total. The summed E-state index contributed by atoms with van der Waals surface area (Å²) >= 11 is 0. The lowest BCUT2D eigenvalue weighted by Gasteiger charge is -2.24. The van der Waals surface area contributed by atoms with E-state index in [0.29, 0.717) is 6.61 Å². The van der Waals surface area contributed by atoms with E-state index in [9.17, 15) is 15.3 Å². The Balaban J connectivity index is 1.86. The fourth-order valence-corrected chi connectivity index (χ4v) is 3.79. The van der Waals surface area contributed by atoms with Crippen LogP contribution in [0.2, 0.25) is 0 Å². The molecule has 1 rings (SSSR count). The number of hydrogen-bond acceptors (Lipinski definition) is 5. The normalized spacial score (nSPS) is 23.2. The quantitative estimate of drug-likeness (QED) is 0.214. The minimum absolute atomic E-state index is 0.0964. The highest BCUT2D eigenvalue weighted by atomic mass is 16.6. The van der Waals surface area contributed by atoms with Crippen molar-refractivity contribution < 1.29 is 24.8 Å². The van der Waals surface area contributed by atoms with Gasteiger partial charge in [-0.05, 0) is 32.1 Å². The van der Waals surface area contributed by atoms with Crippen molar-refractivity contribution in [1.29, 1.82) is 0 Å². The van der Waals surface area contributed by atoms with Gasteiger partial charge in [0, 0.05) is 6.61 Å². The molecule has 29 heavy (non-hydrogen) atoms. The fourth-order valence-electron chi connectivity index (χ4n) is 3.79. The van der Waals surface area contributed by atoms with Gasteiger partial charge in [0.05, 0.1) is 13.2 Å². The Morgan fingerprint density at radius 2 is 1.41 bits per heavy atom. The number of ether oxygens (including phenoxy) is 2. The summed E-state index contributed by atoms with van der Waals surface area (Å²) in [6.07, 6.45) is 19.4. The summed E-state index contributed by atoms with van der Waals surface area (Å²) in [6.45, 7) is 2.70. The Morgan fingerprint density at radius 1 is 0.862 bits per heavy atom. The van der Waals surface area contributed by atoms with Gasteiger partial charge in [0.1, 0.15) is 24.4 Å². The minimum Gasteiger partial charge on any atom is -0.394 e. The zero-order valence-corrected chi connectivity index (χ0v) is 18.6. The molecule has 5 nitrogen and oxygen atoms in total. The van der Waals surface area contributed by atoms with Crippen LogP contribution in [-0.2, 0) is 9.47 Å². The van der Waals surface area contributed by atoms with Crippen molar-refractivity contribution in [3.63, 3.8) is 0 Å². The lowest BCUT2D eigenvalue weighted by atomic mass is 10.1. The van der Waals surface area contributed by atoms with Crippen LogP contribution < -0.4 is 0 Å². The number of unbranched alkanes of at least 4 members (excludes halogenated alkanes) is 12. The SMILES string of the molecule is CCCCCCCCC/C=C/CCCCCCCO[C@@H](CO)[C@H]1OC[C@@H](O)[C@H]1O. The first kappa shape index (κ1) is 26.6. The van der Waals surface area contributed by atoms with Gasteiger partial charge in [-0.3, -0.25) is 0 Å². The zero-order valence-electron chi connectivity index (χ0n) is 18.6. The van der Waals surface area contributed by atoms with Gasteiger partial charge in [0.15, 0.2) is 0 Å². The van der Waals surface area contributed by atoms with Crippen LogP contribution in [-0.4, -0.2) is 59.6 Å². The molecule has 0 aromatic carbocycles. The molecule has 172 valence electrons. The maximum Gasteiger partial charge on any atom is 0.114 e. The number of allylic oxidation sites excluding steroid dienone is 2. The Kier molecular flexibility index (Phi) is 16.8. The summed E-state index contributed by atoms with van der Waals surface area (Å²) in [7, 11) is 0. The third-order valence-corrected chi connectivity index (χ3v) is 5.72. The van der Waals surface area contributed by atoms with Crippen molar-refractivity contribution in [2.75, 3.05) is 19.8 Å². The predicted molar refractivity (Wildman–Crippen MR) is 118 cm³/mol. The van der Waals surface area contributed by atoms with Crippen molar-refractivity contribution in [2.24, 2.45) is 0 Å². The molecule has 0 unspecified atom stereocenters. The van der Waals surface area contributed by atoms with Gasteiger partial charge in [-0.2, -0.15) is 0 Å². The molecule has 1 fully saturated rings. The molecule has 5 heteroatoms. The highest BCUT2D eigenvalue weighted by Crippen LogP contribution is 2.20. The van der Waals surface area contributed by atoms with Crippen molar-refractivity contribution in [3.05, 3.63) is 12.2 Å². The molecule has 1 aliphatic heterocycles. The topological polar surface area (TPSA) is 79.2 Å². The predicted octanol–water partition coefficient (Wildman–Crippen LogP) is 4.52. The van der Waals surface area contributed by atoms with Crippen molar-refractivity contribution in [1.82, 2.24) is 0 Å².